The van der Waals surface area contributed by atoms with Crippen molar-refractivity contribution in [3.63, 3.8) is 0 Å². The first-order valence-electron chi connectivity index (χ1n) is 19.2. The van der Waals surface area contributed by atoms with Crippen molar-refractivity contribution >= 4 is 23.6 Å². The Morgan fingerprint density at radius 2 is 1.35 bits per heavy atom. The first-order chi connectivity index (χ1) is 23.3. The molecule has 282 valence electrons. The first kappa shape index (κ1) is 41.1. The zero-order valence-corrected chi connectivity index (χ0v) is 30.8. The number of alkyl halides is 2. The second-order valence-electron chi connectivity index (χ2n) is 15.3. The van der Waals surface area contributed by atoms with Crippen LogP contribution in [0.15, 0.2) is 0 Å². The van der Waals surface area contributed by atoms with Gasteiger partial charge in [0.1, 0.15) is 12.3 Å². The lowest BCUT2D eigenvalue weighted by Crippen LogP contribution is -2.55. The molecule has 7 unspecified atom stereocenters. The minimum Gasteiger partial charge on any atom is -0.390 e. The maximum atomic E-state index is 14.4. The zero-order valence-electron chi connectivity index (χ0n) is 30.8. The fourth-order valence-electron chi connectivity index (χ4n) is 8.37. The third-order valence-electron chi connectivity index (χ3n) is 10.9. The number of likely N-dealkylation sites (N-methyl/N-ethyl adjacent to an activating group) is 1. The summed E-state index contributed by atoms with van der Waals surface area (Å²) in [6, 6.07) is -0.838. The highest BCUT2D eigenvalue weighted by Crippen LogP contribution is 2.37. The second kappa shape index (κ2) is 20.5. The van der Waals surface area contributed by atoms with Gasteiger partial charge in [0, 0.05) is 70.9 Å². The van der Waals surface area contributed by atoms with Crippen LogP contribution in [-0.4, -0.2) is 108 Å². The summed E-state index contributed by atoms with van der Waals surface area (Å²) in [7, 11) is 3.34. The molecule has 3 aliphatic carbocycles. The van der Waals surface area contributed by atoms with Crippen LogP contribution in [0.25, 0.3) is 0 Å². The molecule has 0 aromatic heterocycles. The van der Waals surface area contributed by atoms with Crippen LogP contribution in [-0.2, 0) is 19.2 Å². The molecule has 0 heterocycles. The lowest BCUT2D eigenvalue weighted by molar-refractivity contribution is -0.143. The molecule has 0 aromatic carbocycles. The van der Waals surface area contributed by atoms with Gasteiger partial charge >= 0.3 is 0 Å². The van der Waals surface area contributed by atoms with Crippen LogP contribution in [0.2, 0.25) is 0 Å². The molecule has 12 heteroatoms. The van der Waals surface area contributed by atoms with E-state index in [1.807, 2.05) is 25.7 Å². The molecule has 0 saturated heterocycles. The average Bonchev–Trinajstić information content (AvgIpc) is 3.06. The van der Waals surface area contributed by atoms with Crippen LogP contribution >= 0.6 is 0 Å². The summed E-state index contributed by atoms with van der Waals surface area (Å²) in [6.45, 7) is 7.56. The Balaban J connectivity index is 1.78. The molecule has 7 atom stereocenters. The first-order valence-corrected chi connectivity index (χ1v) is 19.2. The van der Waals surface area contributed by atoms with Crippen LogP contribution < -0.4 is 10.7 Å². The number of hydrazine groups is 1. The van der Waals surface area contributed by atoms with Crippen LogP contribution in [0, 0.1) is 29.6 Å². The standard InChI is InChI=1S/C37H65F2N5O5/c1-6-14-43(15-7-2)37(49)29-21-27(20-28(22-29)36(48)42(4)5)35(47)40-32(18-26-16-30(38)23-31(39)17-26)33(45)24-44(8-3)41-34(46)19-25-12-10-9-11-13-25/h25-33,45H,6-24H2,1-5H3,(H,40,47)(H,41,46). The minimum absolute atomic E-state index is 0.0270. The normalized spacial score (nSPS) is 27.6. The molecule has 0 bridgehead atoms. The lowest BCUT2D eigenvalue weighted by Gasteiger charge is -2.38. The number of hydrogen-bond acceptors (Lipinski definition) is 6. The van der Waals surface area contributed by atoms with Crippen molar-refractivity contribution in [3.8, 4) is 0 Å². The van der Waals surface area contributed by atoms with Crippen molar-refractivity contribution in [2.24, 2.45) is 29.6 Å². The van der Waals surface area contributed by atoms with Crippen molar-refractivity contribution in [3.05, 3.63) is 0 Å². The van der Waals surface area contributed by atoms with Crippen LogP contribution in [0.3, 0.4) is 0 Å². The number of aliphatic hydroxyl groups excluding tert-OH is 1. The quantitative estimate of drug-likeness (QED) is 0.188. The molecule has 49 heavy (non-hydrogen) atoms. The van der Waals surface area contributed by atoms with Gasteiger partial charge in [-0.15, -0.1) is 0 Å². The molecular formula is C37H65F2N5O5. The summed E-state index contributed by atoms with van der Waals surface area (Å²) in [5.41, 5.74) is 2.93. The molecular weight excluding hydrogens is 632 g/mol. The van der Waals surface area contributed by atoms with E-state index in [0.717, 1.165) is 38.5 Å². The summed E-state index contributed by atoms with van der Waals surface area (Å²) in [5.74, 6) is -2.32. The Labute approximate surface area is 293 Å². The number of carbonyl (C=O) groups is 4. The van der Waals surface area contributed by atoms with E-state index in [-0.39, 0.29) is 74.6 Å². The molecule has 3 saturated carbocycles. The number of rotatable bonds is 17. The highest BCUT2D eigenvalue weighted by atomic mass is 19.1. The van der Waals surface area contributed by atoms with Crippen LogP contribution in [0.4, 0.5) is 8.78 Å². The predicted molar refractivity (Wildman–Crippen MR) is 186 cm³/mol. The molecule has 0 radical (unpaired) electrons. The molecule has 3 aliphatic rings. The maximum absolute atomic E-state index is 14.4. The smallest absolute Gasteiger partial charge is 0.234 e. The van der Waals surface area contributed by atoms with Gasteiger partial charge in [0.25, 0.3) is 0 Å². The van der Waals surface area contributed by atoms with E-state index in [1.54, 1.807) is 19.1 Å². The SMILES string of the molecule is CCCN(CCC)C(=O)C1CC(C(=O)NC(CC2CC(F)CC(F)C2)C(O)CN(CC)NC(=O)CC2CCCCC2)CC(C(=O)N(C)C)C1. The van der Waals surface area contributed by atoms with Crippen molar-refractivity contribution < 1.29 is 33.1 Å². The Kier molecular flexibility index (Phi) is 17.2. The Bertz CT molecular complexity index is 1040. The minimum atomic E-state index is -1.29. The molecule has 10 nitrogen and oxygen atoms in total. The van der Waals surface area contributed by atoms with Crippen molar-refractivity contribution in [2.75, 3.05) is 40.3 Å². The van der Waals surface area contributed by atoms with Crippen molar-refractivity contribution in [1.29, 1.82) is 0 Å². The number of halogens is 2. The van der Waals surface area contributed by atoms with Gasteiger partial charge in [-0.3, -0.25) is 24.6 Å². The van der Waals surface area contributed by atoms with Gasteiger partial charge in [0.2, 0.25) is 23.6 Å². The molecule has 3 fully saturated rings. The van der Waals surface area contributed by atoms with E-state index in [0.29, 0.717) is 38.4 Å². The van der Waals surface area contributed by atoms with Crippen molar-refractivity contribution in [1.82, 2.24) is 25.6 Å². The summed E-state index contributed by atoms with van der Waals surface area (Å²) in [5, 5.41) is 16.2. The van der Waals surface area contributed by atoms with E-state index in [2.05, 4.69) is 10.7 Å². The number of carbonyl (C=O) groups excluding carboxylic acids is 4. The Morgan fingerprint density at radius 3 is 1.90 bits per heavy atom. The summed E-state index contributed by atoms with van der Waals surface area (Å²) in [4.78, 5) is 57.2. The summed E-state index contributed by atoms with van der Waals surface area (Å²) >= 11 is 0. The van der Waals surface area contributed by atoms with E-state index in [1.165, 1.54) is 11.3 Å². The molecule has 3 N–H and O–H groups in total. The van der Waals surface area contributed by atoms with Crippen LogP contribution in [0.1, 0.15) is 117 Å². The van der Waals surface area contributed by atoms with Gasteiger partial charge in [0.15, 0.2) is 0 Å². The third-order valence-corrected chi connectivity index (χ3v) is 10.9. The van der Waals surface area contributed by atoms with Gasteiger partial charge in [0.05, 0.1) is 12.1 Å². The fraction of sp³-hybridized carbons (Fsp3) is 0.892. The van der Waals surface area contributed by atoms with E-state index in [4.69, 9.17) is 0 Å². The van der Waals surface area contributed by atoms with E-state index < -0.39 is 42.2 Å². The largest absolute Gasteiger partial charge is 0.390 e. The number of nitrogens with zero attached hydrogens (tertiary/aromatic N) is 3. The Hall–Kier alpha value is -2.34. The topological polar surface area (TPSA) is 122 Å². The molecule has 0 spiro atoms. The number of hydrogen-bond donors (Lipinski definition) is 3. The van der Waals surface area contributed by atoms with Gasteiger partial charge in [-0.1, -0.05) is 40.0 Å². The second-order valence-corrected chi connectivity index (χ2v) is 15.3. The monoisotopic (exact) mass is 697 g/mol. The highest BCUT2D eigenvalue weighted by molar-refractivity contribution is 5.86. The van der Waals surface area contributed by atoms with Crippen LogP contribution in [0.5, 0.6) is 0 Å². The maximum Gasteiger partial charge on any atom is 0.234 e. The predicted octanol–water partition coefficient (Wildman–Crippen LogP) is 4.79. The molecule has 4 amide bonds. The fourth-order valence-corrected chi connectivity index (χ4v) is 8.37. The van der Waals surface area contributed by atoms with Gasteiger partial charge < -0.3 is 20.2 Å². The molecule has 0 aliphatic heterocycles. The van der Waals surface area contributed by atoms with Gasteiger partial charge in [-0.05, 0) is 76.0 Å². The van der Waals surface area contributed by atoms with E-state index in [9.17, 15) is 33.1 Å². The highest BCUT2D eigenvalue weighted by Gasteiger charge is 2.42. The van der Waals surface area contributed by atoms with Gasteiger partial charge in [-0.2, -0.15) is 0 Å². The lowest BCUT2D eigenvalue weighted by atomic mass is 9.73. The number of nitrogens with one attached hydrogen (secondary N) is 2. The third kappa shape index (κ3) is 13.1. The summed E-state index contributed by atoms with van der Waals surface area (Å²) in [6.07, 6.45) is 5.13. The molecule has 3 rings (SSSR count). The van der Waals surface area contributed by atoms with Crippen molar-refractivity contribution in [2.45, 2.75) is 142 Å². The van der Waals surface area contributed by atoms with E-state index >= 15 is 0 Å². The van der Waals surface area contributed by atoms with Gasteiger partial charge in [-0.25, -0.2) is 13.8 Å². The number of aliphatic hydroxyl groups is 1. The average molecular weight is 698 g/mol. The zero-order chi connectivity index (χ0) is 36.1. The molecule has 0 aromatic rings. The summed E-state index contributed by atoms with van der Waals surface area (Å²) < 4.78 is 28.9. The Morgan fingerprint density at radius 1 is 0.776 bits per heavy atom. The number of amides is 4.